The molecular formula is C33H48N8. The Morgan fingerprint density at radius 1 is 1.10 bits per heavy atom. The van der Waals surface area contributed by atoms with Crippen molar-refractivity contribution >= 4 is 11.4 Å². The number of hydrogen-bond donors (Lipinski definition) is 0. The van der Waals surface area contributed by atoms with Crippen molar-refractivity contribution in [1.29, 1.82) is 0 Å². The lowest BCUT2D eigenvalue weighted by Gasteiger charge is -2.31. The monoisotopic (exact) mass is 556 g/mol. The first-order valence-corrected chi connectivity index (χ1v) is 15.1. The summed E-state index contributed by atoms with van der Waals surface area (Å²) in [5.41, 5.74) is 6.94. The van der Waals surface area contributed by atoms with Crippen LogP contribution in [0.4, 0.5) is 5.82 Å². The van der Waals surface area contributed by atoms with E-state index < -0.39 is 0 Å². The molecule has 8 heteroatoms. The number of nitrogens with zero attached hydrogens (tertiary/aromatic N) is 8. The predicted molar refractivity (Wildman–Crippen MR) is 170 cm³/mol. The molecule has 1 fully saturated rings. The summed E-state index contributed by atoms with van der Waals surface area (Å²) in [4.78, 5) is 22.0. The number of aromatic nitrogens is 5. The minimum absolute atomic E-state index is 0.446. The molecule has 0 radical (unpaired) electrons. The molecule has 0 atom stereocenters. The summed E-state index contributed by atoms with van der Waals surface area (Å²) < 4.78 is 2.16. The van der Waals surface area contributed by atoms with Gasteiger partial charge in [0.2, 0.25) is 0 Å². The van der Waals surface area contributed by atoms with E-state index in [1.807, 2.05) is 31.6 Å². The Kier molecular flexibility index (Phi) is 10.8. The Morgan fingerprint density at radius 3 is 2.54 bits per heavy atom. The molecular weight excluding hydrogens is 508 g/mol. The molecule has 4 rings (SSSR count). The van der Waals surface area contributed by atoms with Gasteiger partial charge >= 0.3 is 0 Å². The summed E-state index contributed by atoms with van der Waals surface area (Å²) in [5.74, 6) is 1.04. The van der Waals surface area contributed by atoms with Crippen molar-refractivity contribution in [2.75, 3.05) is 51.7 Å². The summed E-state index contributed by atoms with van der Waals surface area (Å²) in [6, 6.07) is 2.68. The highest BCUT2D eigenvalue weighted by Crippen LogP contribution is 2.30. The van der Waals surface area contributed by atoms with E-state index in [9.17, 15) is 0 Å². The molecule has 4 heterocycles. The Hall–Kier alpha value is -3.36. The normalized spacial score (nSPS) is 15.0. The van der Waals surface area contributed by atoms with Crippen LogP contribution in [0.1, 0.15) is 75.0 Å². The van der Waals surface area contributed by atoms with Gasteiger partial charge in [0, 0.05) is 67.4 Å². The third kappa shape index (κ3) is 7.49. The maximum absolute atomic E-state index is 5.16. The Labute approximate surface area is 246 Å². The molecule has 0 aromatic carbocycles. The fourth-order valence-electron chi connectivity index (χ4n) is 5.69. The zero-order chi connectivity index (χ0) is 29.4. The summed E-state index contributed by atoms with van der Waals surface area (Å²) in [6.45, 7) is 18.5. The molecule has 8 nitrogen and oxygen atoms in total. The molecule has 0 amide bonds. The van der Waals surface area contributed by atoms with Gasteiger partial charge in [0.25, 0.3) is 0 Å². The second kappa shape index (κ2) is 14.5. The van der Waals surface area contributed by atoms with Crippen molar-refractivity contribution in [3.05, 3.63) is 72.1 Å². The van der Waals surface area contributed by atoms with E-state index in [4.69, 9.17) is 20.1 Å². The summed E-state index contributed by atoms with van der Waals surface area (Å²) in [7, 11) is 4.19. The largest absolute Gasteiger partial charge is 0.356 e. The van der Waals surface area contributed by atoms with E-state index in [1.54, 1.807) is 0 Å². The average Bonchev–Trinajstić information content (AvgIpc) is 3.46. The van der Waals surface area contributed by atoms with Gasteiger partial charge in [-0.05, 0) is 66.2 Å². The molecule has 3 aromatic heterocycles. The first-order chi connectivity index (χ1) is 19.9. The van der Waals surface area contributed by atoms with Gasteiger partial charge in [-0.15, -0.1) is 6.58 Å². The van der Waals surface area contributed by atoms with Crippen LogP contribution < -0.4 is 4.90 Å². The van der Waals surface area contributed by atoms with Gasteiger partial charge in [-0.2, -0.15) is 5.10 Å². The maximum Gasteiger partial charge on any atom is 0.133 e. The zero-order valence-corrected chi connectivity index (χ0v) is 26.0. The fraction of sp³-hybridized carbons (Fsp3) is 0.515. The van der Waals surface area contributed by atoms with Gasteiger partial charge < -0.3 is 14.7 Å². The zero-order valence-electron chi connectivity index (χ0n) is 26.0. The van der Waals surface area contributed by atoms with Gasteiger partial charge in [0.1, 0.15) is 5.82 Å². The number of likely N-dealkylation sites (tertiary alicyclic amines) is 1. The Balaban J connectivity index is 1.65. The van der Waals surface area contributed by atoms with Crippen molar-refractivity contribution in [3.8, 4) is 11.3 Å². The second-order valence-corrected chi connectivity index (χ2v) is 11.3. The van der Waals surface area contributed by atoms with Crippen molar-refractivity contribution < 1.29 is 0 Å². The highest BCUT2D eigenvalue weighted by atomic mass is 15.3. The fourth-order valence-corrected chi connectivity index (χ4v) is 5.69. The standard InChI is InChI=1S/C33H48N8/c1-8-12-16-40(15-9-2)33-27(23-38(6)7)19-26(20-35-33)31-22-34-25(5)32(37-31)30(10-3)28-21-36-41(24-28)29-13-17-39(11-4)18-14-29/h8,10,19-22,24,29H,1,9,11-18,23H2,2-7H3/b30-10-. The summed E-state index contributed by atoms with van der Waals surface area (Å²) in [6.07, 6.45) is 16.4. The van der Waals surface area contributed by atoms with Gasteiger partial charge in [-0.1, -0.05) is 26.0 Å². The molecule has 220 valence electrons. The van der Waals surface area contributed by atoms with Crippen LogP contribution in [-0.4, -0.2) is 81.4 Å². The van der Waals surface area contributed by atoms with E-state index in [0.717, 1.165) is 105 Å². The minimum Gasteiger partial charge on any atom is -0.356 e. The predicted octanol–water partition coefficient (Wildman–Crippen LogP) is 6.01. The molecule has 0 spiro atoms. The van der Waals surface area contributed by atoms with Crippen molar-refractivity contribution in [2.24, 2.45) is 0 Å². The molecule has 0 unspecified atom stereocenters. The van der Waals surface area contributed by atoms with Crippen molar-refractivity contribution in [1.82, 2.24) is 34.5 Å². The first-order valence-electron chi connectivity index (χ1n) is 15.1. The van der Waals surface area contributed by atoms with E-state index in [1.165, 1.54) is 5.56 Å². The quantitative estimate of drug-likeness (QED) is 0.239. The van der Waals surface area contributed by atoms with E-state index in [0.29, 0.717) is 6.04 Å². The number of piperidine rings is 1. The molecule has 0 aliphatic carbocycles. The number of anilines is 1. The van der Waals surface area contributed by atoms with Gasteiger partial charge in [-0.3, -0.25) is 9.67 Å². The summed E-state index contributed by atoms with van der Waals surface area (Å²) in [5, 5.41) is 4.78. The van der Waals surface area contributed by atoms with Crippen LogP contribution in [0.3, 0.4) is 0 Å². The molecule has 3 aromatic rings. The van der Waals surface area contributed by atoms with Gasteiger partial charge in [-0.25, -0.2) is 9.97 Å². The SMILES string of the molecule is C=CCCN(CCC)c1ncc(-c2cnc(C)c(/C(=C\C)c3cnn(C4CCN(CC)CC4)c3)n2)cc1CN(C)C. The number of aryl methyl sites for hydroxylation is 1. The lowest BCUT2D eigenvalue weighted by Crippen LogP contribution is -2.34. The molecule has 1 aliphatic rings. The number of allylic oxidation sites excluding steroid dienone is 1. The number of rotatable bonds is 13. The summed E-state index contributed by atoms with van der Waals surface area (Å²) >= 11 is 0. The van der Waals surface area contributed by atoms with E-state index in [2.05, 4.69) is 79.2 Å². The van der Waals surface area contributed by atoms with Crippen molar-refractivity contribution in [3.63, 3.8) is 0 Å². The average molecular weight is 557 g/mol. The molecule has 1 aliphatic heterocycles. The Bertz CT molecular complexity index is 1320. The molecule has 0 N–H and O–H groups in total. The molecule has 0 saturated carbocycles. The molecule has 41 heavy (non-hydrogen) atoms. The van der Waals surface area contributed by atoms with Crippen LogP contribution in [0.2, 0.25) is 0 Å². The van der Waals surface area contributed by atoms with Crippen LogP contribution in [0.15, 0.2) is 49.6 Å². The minimum atomic E-state index is 0.446. The Morgan fingerprint density at radius 2 is 1.88 bits per heavy atom. The lowest BCUT2D eigenvalue weighted by molar-refractivity contribution is 0.187. The highest BCUT2D eigenvalue weighted by molar-refractivity contribution is 5.79. The van der Waals surface area contributed by atoms with Crippen LogP contribution in [-0.2, 0) is 6.54 Å². The van der Waals surface area contributed by atoms with Crippen LogP contribution >= 0.6 is 0 Å². The van der Waals surface area contributed by atoms with E-state index >= 15 is 0 Å². The lowest BCUT2D eigenvalue weighted by atomic mass is 10.0. The second-order valence-electron chi connectivity index (χ2n) is 11.3. The number of hydrogen-bond acceptors (Lipinski definition) is 7. The van der Waals surface area contributed by atoms with E-state index in [-0.39, 0.29) is 0 Å². The maximum atomic E-state index is 5.16. The third-order valence-electron chi connectivity index (χ3n) is 7.91. The van der Waals surface area contributed by atoms with Gasteiger partial charge in [0.05, 0.1) is 35.5 Å². The smallest absolute Gasteiger partial charge is 0.133 e. The third-order valence-corrected chi connectivity index (χ3v) is 7.91. The molecule has 1 saturated heterocycles. The first kappa shape index (κ1) is 30.6. The molecule has 0 bridgehead atoms. The highest BCUT2D eigenvalue weighted by Gasteiger charge is 2.22. The van der Waals surface area contributed by atoms with Crippen LogP contribution in [0, 0.1) is 6.92 Å². The topological polar surface area (TPSA) is 66.2 Å². The van der Waals surface area contributed by atoms with Crippen LogP contribution in [0.25, 0.3) is 16.8 Å². The van der Waals surface area contributed by atoms with Gasteiger partial charge in [0.15, 0.2) is 0 Å². The van der Waals surface area contributed by atoms with Crippen molar-refractivity contribution in [2.45, 2.75) is 66.0 Å². The number of pyridine rings is 1. The van der Waals surface area contributed by atoms with Crippen LogP contribution in [0.5, 0.6) is 0 Å².